The van der Waals surface area contributed by atoms with Crippen LogP contribution in [0.4, 0.5) is 5.82 Å². The number of carbonyl (C=O) groups is 1. The number of ether oxygens (including phenoxy) is 5. The number of hydrogen-bond acceptors (Lipinski definition) is 8. The van der Waals surface area contributed by atoms with Crippen LogP contribution in [0.1, 0.15) is 49.8 Å². The van der Waals surface area contributed by atoms with Gasteiger partial charge < -0.3 is 33.5 Å². The van der Waals surface area contributed by atoms with E-state index in [2.05, 4.69) is 24.0 Å². The Morgan fingerprint density at radius 2 is 1.28 bits per heavy atom. The van der Waals surface area contributed by atoms with Gasteiger partial charge in [0.15, 0.2) is 0 Å². The maximum atomic E-state index is 14.5. The second-order valence-corrected chi connectivity index (χ2v) is 12.4. The number of aryl methyl sites for hydroxylation is 1. The van der Waals surface area contributed by atoms with Gasteiger partial charge in [0.25, 0.3) is 5.91 Å². The molecule has 0 bridgehead atoms. The van der Waals surface area contributed by atoms with E-state index in [1.807, 2.05) is 77.7 Å². The summed E-state index contributed by atoms with van der Waals surface area (Å²) in [5.74, 6) is 3.87. The highest BCUT2D eigenvalue weighted by molar-refractivity contribution is 6.30. The van der Waals surface area contributed by atoms with E-state index in [9.17, 15) is 4.79 Å². The summed E-state index contributed by atoms with van der Waals surface area (Å²) in [6.07, 6.45) is 0. The van der Waals surface area contributed by atoms with Crippen molar-refractivity contribution < 1.29 is 28.5 Å². The van der Waals surface area contributed by atoms with E-state index >= 15 is 0 Å². The fraction of sp³-hybridized carbons (Fsp3) is 0.250. The number of nitrogens with zero attached hydrogens (tertiary/aromatic N) is 3. The van der Waals surface area contributed by atoms with Crippen LogP contribution in [-0.2, 0) is 19.6 Å². The van der Waals surface area contributed by atoms with Crippen LogP contribution in [0, 0.1) is 6.92 Å². The Balaban J connectivity index is 1.54. The lowest BCUT2D eigenvalue weighted by Gasteiger charge is -2.31. The van der Waals surface area contributed by atoms with Gasteiger partial charge in [0.1, 0.15) is 39.7 Å². The van der Waals surface area contributed by atoms with Crippen molar-refractivity contribution in [2.24, 2.45) is 0 Å². The van der Waals surface area contributed by atoms with Crippen molar-refractivity contribution in [1.82, 2.24) is 9.88 Å². The molecule has 0 radical (unpaired) electrons. The molecule has 2 heterocycles. The first-order valence-electron chi connectivity index (χ1n) is 16.1. The molecular weight excluding hydrogens is 654 g/mol. The summed E-state index contributed by atoms with van der Waals surface area (Å²) in [5.41, 5.74) is 6.10. The Kier molecular flexibility index (Phi) is 10.3. The molecule has 0 N–H and O–H groups in total. The van der Waals surface area contributed by atoms with Gasteiger partial charge in [-0.15, -0.1) is 0 Å². The number of halogens is 1. The molecule has 0 fully saturated rings. The second-order valence-electron chi connectivity index (χ2n) is 12.0. The van der Waals surface area contributed by atoms with Crippen molar-refractivity contribution in [3.05, 3.63) is 135 Å². The van der Waals surface area contributed by atoms with Crippen molar-refractivity contribution in [3.63, 3.8) is 0 Å². The van der Waals surface area contributed by atoms with Crippen molar-refractivity contribution in [2.75, 3.05) is 40.4 Å². The smallest absolute Gasteiger partial charge is 0.255 e. The van der Waals surface area contributed by atoms with Crippen molar-refractivity contribution >= 4 is 23.3 Å². The SMILES string of the molecule is COc1ccc(CN2C(=O)c3cc(Cl)nc(N(Cc4ccc(OC)cc4OC)Cc4ccc(OC)cc4OC)c3C2c2ccccc2C)cc1. The molecular formula is C40H40ClN3O6. The van der Waals surface area contributed by atoms with Crippen LogP contribution in [0.15, 0.2) is 91.0 Å². The number of amides is 1. The summed E-state index contributed by atoms with van der Waals surface area (Å²) < 4.78 is 28.0. The standard InChI is InChI=1S/C40H40ClN3O6/c1-25-9-7-8-10-32(25)38-37-33(40(45)44(38)22-26-11-15-29(46-2)16-12-26)21-36(41)42-39(37)43(23-27-13-17-30(47-3)19-34(27)49-5)24-28-14-18-31(48-4)20-35(28)50-6/h7-21,38H,22-24H2,1-6H3. The lowest BCUT2D eigenvalue weighted by Crippen LogP contribution is -2.30. The first-order valence-corrected chi connectivity index (χ1v) is 16.5. The lowest BCUT2D eigenvalue weighted by atomic mass is 9.94. The zero-order chi connectivity index (χ0) is 35.4. The van der Waals surface area contributed by atoms with E-state index in [0.717, 1.165) is 39.1 Å². The molecule has 1 unspecified atom stereocenters. The summed E-state index contributed by atoms with van der Waals surface area (Å²) >= 11 is 6.80. The summed E-state index contributed by atoms with van der Waals surface area (Å²) in [5, 5.41) is 0.218. The molecule has 258 valence electrons. The highest BCUT2D eigenvalue weighted by atomic mass is 35.5. The van der Waals surface area contributed by atoms with Crippen LogP contribution in [0.5, 0.6) is 28.7 Å². The molecule has 0 saturated heterocycles. The van der Waals surface area contributed by atoms with Crippen molar-refractivity contribution in [1.29, 1.82) is 0 Å². The maximum absolute atomic E-state index is 14.5. The van der Waals surface area contributed by atoms with Gasteiger partial charge in [-0.2, -0.15) is 0 Å². The minimum atomic E-state index is -0.446. The fourth-order valence-corrected chi connectivity index (χ4v) is 6.71. The molecule has 1 aromatic heterocycles. The van der Waals surface area contributed by atoms with E-state index in [-0.39, 0.29) is 11.1 Å². The van der Waals surface area contributed by atoms with Gasteiger partial charge in [-0.1, -0.05) is 48.0 Å². The first-order chi connectivity index (χ1) is 24.3. The number of hydrogen-bond donors (Lipinski definition) is 0. The van der Waals surface area contributed by atoms with Gasteiger partial charge in [0.2, 0.25) is 0 Å². The van der Waals surface area contributed by atoms with Gasteiger partial charge in [-0.05, 0) is 66.1 Å². The molecule has 1 amide bonds. The predicted octanol–water partition coefficient (Wildman–Crippen LogP) is 8.04. The molecule has 9 nitrogen and oxygen atoms in total. The highest BCUT2D eigenvalue weighted by Gasteiger charge is 2.42. The van der Waals surface area contributed by atoms with Crippen molar-refractivity contribution in [3.8, 4) is 28.7 Å². The van der Waals surface area contributed by atoms with E-state index in [1.54, 1.807) is 41.6 Å². The van der Waals surface area contributed by atoms with Gasteiger partial charge in [0.05, 0.1) is 47.2 Å². The number of rotatable bonds is 13. The molecule has 1 atom stereocenters. The molecule has 5 aromatic rings. The molecule has 0 aliphatic carbocycles. The van der Waals surface area contributed by atoms with Crippen molar-refractivity contribution in [2.45, 2.75) is 32.6 Å². The molecule has 1 aliphatic rings. The predicted molar refractivity (Wildman–Crippen MR) is 194 cm³/mol. The average Bonchev–Trinajstić information content (AvgIpc) is 3.41. The average molecular weight is 694 g/mol. The second kappa shape index (κ2) is 15.0. The normalized spacial score (nSPS) is 13.5. The van der Waals surface area contributed by atoms with E-state index in [4.69, 9.17) is 40.3 Å². The molecule has 1 aliphatic heterocycles. The Hall–Kier alpha value is -5.41. The largest absolute Gasteiger partial charge is 0.497 e. The van der Waals surface area contributed by atoms with Crippen LogP contribution in [0.25, 0.3) is 0 Å². The monoisotopic (exact) mass is 693 g/mol. The third-order valence-electron chi connectivity index (χ3n) is 9.09. The minimum absolute atomic E-state index is 0.126. The number of anilines is 1. The Morgan fingerprint density at radius 3 is 1.82 bits per heavy atom. The van der Waals surface area contributed by atoms with E-state index in [0.29, 0.717) is 54.0 Å². The first kappa shape index (κ1) is 34.5. The van der Waals surface area contributed by atoms with Gasteiger partial charge in [-0.3, -0.25) is 4.79 Å². The molecule has 6 rings (SSSR count). The van der Waals surface area contributed by atoms with Crippen LogP contribution >= 0.6 is 11.6 Å². The number of aromatic nitrogens is 1. The quantitative estimate of drug-likeness (QED) is 0.115. The van der Waals surface area contributed by atoms with Crippen LogP contribution in [-0.4, -0.2) is 51.3 Å². The molecule has 4 aromatic carbocycles. The summed E-state index contributed by atoms with van der Waals surface area (Å²) in [7, 11) is 8.15. The maximum Gasteiger partial charge on any atom is 0.255 e. The van der Waals surface area contributed by atoms with E-state index in [1.165, 1.54) is 0 Å². The number of benzene rings is 4. The van der Waals surface area contributed by atoms with Crippen LogP contribution in [0.3, 0.4) is 0 Å². The van der Waals surface area contributed by atoms with Gasteiger partial charge in [-0.25, -0.2) is 4.98 Å². The number of methoxy groups -OCH3 is 5. The number of pyridine rings is 1. The number of carbonyl (C=O) groups excluding carboxylic acids is 1. The zero-order valence-electron chi connectivity index (χ0n) is 29.0. The summed E-state index contributed by atoms with van der Waals surface area (Å²) in [6, 6.07) is 28.6. The molecule has 0 spiro atoms. The zero-order valence-corrected chi connectivity index (χ0v) is 29.8. The third kappa shape index (κ3) is 6.87. The Morgan fingerprint density at radius 1 is 0.720 bits per heavy atom. The minimum Gasteiger partial charge on any atom is -0.497 e. The summed E-state index contributed by atoms with van der Waals surface area (Å²) in [6.45, 7) is 3.17. The molecule has 10 heteroatoms. The Bertz CT molecular complexity index is 1940. The van der Waals surface area contributed by atoms with Gasteiger partial charge in [0, 0.05) is 48.5 Å². The van der Waals surface area contributed by atoms with Crippen LogP contribution < -0.4 is 28.6 Å². The fourth-order valence-electron chi connectivity index (χ4n) is 6.52. The molecule has 0 saturated carbocycles. The summed E-state index contributed by atoms with van der Waals surface area (Å²) in [4.78, 5) is 23.5. The van der Waals surface area contributed by atoms with Crippen LogP contribution in [0.2, 0.25) is 5.15 Å². The topological polar surface area (TPSA) is 82.6 Å². The lowest BCUT2D eigenvalue weighted by molar-refractivity contribution is 0.0735. The third-order valence-corrected chi connectivity index (χ3v) is 9.28. The highest BCUT2D eigenvalue weighted by Crippen LogP contribution is 2.46. The molecule has 50 heavy (non-hydrogen) atoms. The van der Waals surface area contributed by atoms with E-state index < -0.39 is 6.04 Å². The number of fused-ring (bicyclic) bond motifs is 1. The Labute approximate surface area is 297 Å². The van der Waals surface area contributed by atoms with Gasteiger partial charge >= 0.3 is 0 Å².